The van der Waals surface area contributed by atoms with Gasteiger partial charge < -0.3 is 4.74 Å². The molecule has 8 nitrogen and oxygen atoms in total. The number of para-hydroxylation sites is 1. The van der Waals surface area contributed by atoms with Crippen LogP contribution in [0.15, 0.2) is 47.4 Å². The lowest BCUT2D eigenvalue weighted by Gasteiger charge is -2.23. The van der Waals surface area contributed by atoms with Crippen molar-refractivity contribution in [1.29, 1.82) is 0 Å². The van der Waals surface area contributed by atoms with Crippen molar-refractivity contribution in [3.63, 3.8) is 0 Å². The highest BCUT2D eigenvalue weighted by atomic mass is 35.5. The molecule has 0 fully saturated rings. The molecule has 0 aliphatic heterocycles. The maximum atomic E-state index is 13.0. The van der Waals surface area contributed by atoms with Gasteiger partial charge in [-0.25, -0.2) is 8.42 Å². The molecule has 0 bridgehead atoms. The summed E-state index contributed by atoms with van der Waals surface area (Å²) in [7, 11) is -3.39. The second-order valence-electron chi connectivity index (χ2n) is 4.91. The number of sulfonamides is 1. The largest absolute Gasteiger partial charge is 0.468 e. The molecule has 0 aliphatic rings. The number of anilines is 1. The summed E-state index contributed by atoms with van der Waals surface area (Å²) in [4.78, 5) is 21.5. The van der Waals surface area contributed by atoms with Crippen molar-refractivity contribution in [2.24, 2.45) is 0 Å². The van der Waals surface area contributed by atoms with Gasteiger partial charge in [-0.2, -0.15) is 0 Å². The summed E-state index contributed by atoms with van der Waals surface area (Å²) < 4.78 is 31.3. The fraction of sp³-hybridized carbons (Fsp3) is 0.133. The topological polar surface area (TPSA) is 107 Å². The molecule has 0 unspecified atom stereocenters. The highest BCUT2D eigenvalue weighted by Gasteiger charge is 2.33. The van der Waals surface area contributed by atoms with E-state index in [0.29, 0.717) is 4.31 Å². The molecule has 0 aromatic heterocycles. The van der Waals surface area contributed by atoms with Gasteiger partial charge in [-0.15, -0.1) is 0 Å². The number of ether oxygens (including phenoxy) is 1. The third-order valence-electron chi connectivity index (χ3n) is 3.32. The van der Waals surface area contributed by atoms with E-state index in [1.165, 1.54) is 30.3 Å². The van der Waals surface area contributed by atoms with Gasteiger partial charge in [0.1, 0.15) is 6.54 Å². The summed E-state index contributed by atoms with van der Waals surface area (Å²) in [5, 5.41) is 11.4. The minimum absolute atomic E-state index is 0.00273. The van der Waals surface area contributed by atoms with Gasteiger partial charge in [-0.3, -0.25) is 19.2 Å². The van der Waals surface area contributed by atoms with Gasteiger partial charge >= 0.3 is 5.97 Å². The number of esters is 1. The molecule has 0 heterocycles. The van der Waals surface area contributed by atoms with Crippen LogP contribution in [0.2, 0.25) is 10.0 Å². The molecule has 138 valence electrons. The van der Waals surface area contributed by atoms with Crippen molar-refractivity contribution in [3.05, 3.63) is 62.6 Å². The van der Waals surface area contributed by atoms with Crippen LogP contribution in [-0.4, -0.2) is 33.0 Å². The third kappa shape index (κ3) is 4.06. The SMILES string of the molecule is COC(=O)CN(c1ccc(Cl)c(Cl)c1)S(=O)(=O)c1ccccc1[N+](=O)[O-]. The van der Waals surface area contributed by atoms with Crippen LogP contribution < -0.4 is 4.31 Å². The first kappa shape index (κ1) is 20.0. The average molecular weight is 419 g/mol. The number of rotatable bonds is 6. The maximum absolute atomic E-state index is 13.0. The van der Waals surface area contributed by atoms with Crippen molar-refractivity contribution in [2.45, 2.75) is 4.90 Å². The average Bonchev–Trinajstić information content (AvgIpc) is 2.61. The number of halogens is 2. The first-order chi connectivity index (χ1) is 12.2. The molecule has 26 heavy (non-hydrogen) atoms. The van der Waals surface area contributed by atoms with E-state index in [4.69, 9.17) is 23.2 Å². The van der Waals surface area contributed by atoms with E-state index in [1.54, 1.807) is 0 Å². The molecule has 0 spiro atoms. The van der Waals surface area contributed by atoms with E-state index in [9.17, 15) is 23.3 Å². The normalized spacial score (nSPS) is 11.0. The lowest BCUT2D eigenvalue weighted by Crippen LogP contribution is -2.36. The van der Waals surface area contributed by atoms with Crippen LogP contribution in [-0.2, 0) is 19.6 Å². The van der Waals surface area contributed by atoms with E-state index in [2.05, 4.69) is 4.74 Å². The highest BCUT2D eigenvalue weighted by molar-refractivity contribution is 7.93. The molecule has 2 aromatic carbocycles. The van der Waals surface area contributed by atoms with Crippen LogP contribution in [0.5, 0.6) is 0 Å². The molecule has 0 N–H and O–H groups in total. The number of carbonyl (C=O) groups is 1. The molecule has 0 aliphatic carbocycles. The standard InChI is InChI=1S/C15H12Cl2N2O6S/c1-25-15(20)9-18(10-6-7-11(16)12(17)8-10)26(23,24)14-5-3-2-4-13(14)19(21)22/h2-8H,9H2,1H3. The van der Waals surface area contributed by atoms with Crippen molar-refractivity contribution in [1.82, 2.24) is 0 Å². The molecular weight excluding hydrogens is 407 g/mol. The smallest absolute Gasteiger partial charge is 0.326 e. The summed E-state index contributed by atoms with van der Waals surface area (Å²) in [6.45, 7) is -0.706. The number of nitrogens with zero attached hydrogens (tertiary/aromatic N) is 2. The van der Waals surface area contributed by atoms with Gasteiger partial charge in [-0.1, -0.05) is 35.3 Å². The summed E-state index contributed by atoms with van der Waals surface area (Å²) in [5.41, 5.74) is -0.620. The van der Waals surface area contributed by atoms with Gasteiger partial charge in [0.05, 0.1) is 27.8 Å². The molecular formula is C15H12Cl2N2O6S. The Hall–Kier alpha value is -2.36. The first-order valence-corrected chi connectivity index (χ1v) is 9.16. The van der Waals surface area contributed by atoms with Crippen LogP contribution in [0, 0.1) is 10.1 Å². The zero-order chi connectivity index (χ0) is 19.5. The van der Waals surface area contributed by atoms with E-state index in [0.717, 1.165) is 19.2 Å². The Morgan fingerprint density at radius 3 is 2.42 bits per heavy atom. The zero-order valence-corrected chi connectivity index (χ0v) is 15.6. The molecule has 0 radical (unpaired) electrons. The Labute approximate surface area is 159 Å². The molecule has 0 amide bonds. The van der Waals surface area contributed by atoms with Crippen molar-refractivity contribution in [3.8, 4) is 0 Å². The van der Waals surface area contributed by atoms with Crippen LogP contribution >= 0.6 is 23.2 Å². The summed E-state index contributed by atoms with van der Waals surface area (Å²) in [5.74, 6) is -0.863. The quantitative estimate of drug-likeness (QED) is 0.404. The summed E-state index contributed by atoms with van der Waals surface area (Å²) >= 11 is 11.8. The van der Waals surface area contributed by atoms with Crippen LogP contribution in [0.25, 0.3) is 0 Å². The molecule has 2 aromatic rings. The van der Waals surface area contributed by atoms with E-state index in [1.807, 2.05) is 0 Å². The number of methoxy groups -OCH3 is 1. The fourth-order valence-corrected chi connectivity index (χ4v) is 3.94. The minimum atomic E-state index is -4.48. The molecule has 0 saturated heterocycles. The van der Waals surface area contributed by atoms with Crippen LogP contribution in [0.3, 0.4) is 0 Å². The Kier molecular flexibility index (Phi) is 6.06. The van der Waals surface area contributed by atoms with E-state index < -0.39 is 38.0 Å². The Morgan fingerprint density at radius 2 is 1.85 bits per heavy atom. The van der Waals surface area contributed by atoms with Crippen molar-refractivity contribution >= 4 is 50.6 Å². The van der Waals surface area contributed by atoms with Crippen LogP contribution in [0.4, 0.5) is 11.4 Å². The zero-order valence-electron chi connectivity index (χ0n) is 13.3. The number of nitro groups is 1. The fourth-order valence-electron chi connectivity index (χ4n) is 2.08. The van der Waals surface area contributed by atoms with Gasteiger partial charge in [0, 0.05) is 6.07 Å². The summed E-state index contributed by atoms with van der Waals surface area (Å²) in [6.07, 6.45) is 0. The van der Waals surface area contributed by atoms with Gasteiger partial charge in [0.15, 0.2) is 4.90 Å². The third-order valence-corrected chi connectivity index (χ3v) is 5.88. The summed E-state index contributed by atoms with van der Waals surface area (Å²) in [6, 6.07) is 8.71. The second-order valence-corrected chi connectivity index (χ2v) is 7.56. The lowest BCUT2D eigenvalue weighted by atomic mass is 10.3. The Bertz CT molecular complexity index is 964. The molecule has 11 heteroatoms. The lowest BCUT2D eigenvalue weighted by molar-refractivity contribution is -0.387. The Balaban J connectivity index is 2.66. The highest BCUT2D eigenvalue weighted by Crippen LogP contribution is 2.33. The maximum Gasteiger partial charge on any atom is 0.326 e. The first-order valence-electron chi connectivity index (χ1n) is 6.96. The predicted molar refractivity (Wildman–Crippen MR) is 96.1 cm³/mol. The van der Waals surface area contributed by atoms with Crippen molar-refractivity contribution in [2.75, 3.05) is 18.0 Å². The van der Waals surface area contributed by atoms with Crippen molar-refractivity contribution < 1.29 is 22.9 Å². The monoisotopic (exact) mass is 418 g/mol. The minimum Gasteiger partial charge on any atom is -0.468 e. The van der Waals surface area contributed by atoms with Gasteiger partial charge in [0.2, 0.25) is 0 Å². The molecule has 2 rings (SSSR count). The Morgan fingerprint density at radius 1 is 1.19 bits per heavy atom. The number of hydrogen-bond donors (Lipinski definition) is 0. The van der Waals surface area contributed by atoms with Gasteiger partial charge in [-0.05, 0) is 24.3 Å². The molecule has 0 atom stereocenters. The predicted octanol–water partition coefficient (Wildman–Crippen LogP) is 3.27. The number of nitro benzene ring substituents is 1. The van der Waals surface area contributed by atoms with Gasteiger partial charge in [0.25, 0.3) is 15.7 Å². The van der Waals surface area contributed by atoms with E-state index >= 15 is 0 Å². The number of hydrogen-bond acceptors (Lipinski definition) is 6. The number of carbonyl (C=O) groups excluding carboxylic acids is 1. The second kappa shape index (κ2) is 7.90. The van der Waals surface area contributed by atoms with E-state index in [-0.39, 0.29) is 15.7 Å². The molecule has 0 saturated carbocycles. The van der Waals surface area contributed by atoms with Crippen LogP contribution in [0.1, 0.15) is 0 Å². The number of benzene rings is 2.